The van der Waals surface area contributed by atoms with E-state index in [1.807, 2.05) is 11.8 Å². The van der Waals surface area contributed by atoms with Gasteiger partial charge in [0.2, 0.25) is 0 Å². The minimum Gasteiger partial charge on any atom is -0.310 e. The van der Waals surface area contributed by atoms with Gasteiger partial charge in [-0.05, 0) is 44.5 Å². The van der Waals surface area contributed by atoms with E-state index in [1.54, 1.807) is 0 Å². The first-order valence-electron chi connectivity index (χ1n) is 7.62. The van der Waals surface area contributed by atoms with Gasteiger partial charge in [0.05, 0.1) is 0 Å². The molecule has 2 heteroatoms. The summed E-state index contributed by atoms with van der Waals surface area (Å²) in [4.78, 5) is 1.38. The van der Waals surface area contributed by atoms with E-state index in [0.717, 1.165) is 12.3 Å². The molecule has 0 aromatic heterocycles. The lowest BCUT2D eigenvalue weighted by molar-refractivity contribution is 0.590. The third kappa shape index (κ3) is 4.62. The van der Waals surface area contributed by atoms with Crippen molar-refractivity contribution >= 4 is 11.8 Å². The maximum Gasteiger partial charge on any atom is 0.0302 e. The van der Waals surface area contributed by atoms with Crippen LogP contribution in [0, 0.1) is 13.8 Å². The Morgan fingerprint density at radius 1 is 1.05 bits per heavy atom. The zero-order valence-corrected chi connectivity index (χ0v) is 14.3. The Morgan fingerprint density at radius 2 is 1.71 bits per heavy atom. The van der Waals surface area contributed by atoms with Crippen molar-refractivity contribution in [3.63, 3.8) is 0 Å². The van der Waals surface area contributed by atoms with E-state index >= 15 is 0 Å². The summed E-state index contributed by atoms with van der Waals surface area (Å²) < 4.78 is 0. The Bertz CT molecular complexity index is 572. The van der Waals surface area contributed by atoms with Gasteiger partial charge < -0.3 is 5.32 Å². The molecule has 0 radical (unpaired) electrons. The Hall–Kier alpha value is -1.25. The molecular weight excluding hydrogens is 274 g/mol. The quantitative estimate of drug-likeness (QED) is 0.730. The van der Waals surface area contributed by atoms with E-state index in [0.29, 0.717) is 6.04 Å². The van der Waals surface area contributed by atoms with Crippen LogP contribution in [0.15, 0.2) is 47.4 Å². The van der Waals surface area contributed by atoms with Crippen LogP contribution < -0.4 is 5.32 Å². The van der Waals surface area contributed by atoms with Crippen LogP contribution in [0.2, 0.25) is 0 Å². The van der Waals surface area contributed by atoms with E-state index in [2.05, 4.69) is 75.5 Å². The molecule has 1 atom stereocenters. The van der Waals surface area contributed by atoms with Gasteiger partial charge in [-0.1, -0.05) is 54.4 Å². The van der Waals surface area contributed by atoms with Crippen LogP contribution in [-0.2, 0) is 5.75 Å². The summed E-state index contributed by atoms with van der Waals surface area (Å²) in [5.74, 6) is 1.03. The second-order valence-corrected chi connectivity index (χ2v) is 6.62. The van der Waals surface area contributed by atoms with Gasteiger partial charge in [-0.2, -0.15) is 0 Å². The van der Waals surface area contributed by atoms with E-state index in [9.17, 15) is 0 Å². The highest BCUT2D eigenvalue weighted by Crippen LogP contribution is 2.30. The third-order valence-corrected chi connectivity index (χ3v) is 4.73. The molecule has 2 aromatic rings. The second kappa shape index (κ2) is 7.67. The molecule has 0 aliphatic heterocycles. The summed E-state index contributed by atoms with van der Waals surface area (Å²) >= 11 is 1.93. The van der Waals surface area contributed by atoms with Crippen LogP contribution >= 0.6 is 11.8 Å². The lowest BCUT2D eigenvalue weighted by Crippen LogP contribution is -2.18. The molecule has 0 saturated carbocycles. The van der Waals surface area contributed by atoms with E-state index < -0.39 is 0 Å². The van der Waals surface area contributed by atoms with E-state index in [4.69, 9.17) is 0 Å². The van der Waals surface area contributed by atoms with Gasteiger partial charge in [-0.15, -0.1) is 11.8 Å². The molecule has 0 saturated heterocycles. The van der Waals surface area contributed by atoms with Gasteiger partial charge in [0.15, 0.2) is 0 Å². The van der Waals surface area contributed by atoms with Crippen LogP contribution in [0.3, 0.4) is 0 Å². The van der Waals surface area contributed by atoms with Crippen molar-refractivity contribution in [2.24, 2.45) is 0 Å². The number of hydrogen-bond acceptors (Lipinski definition) is 2. The Kier molecular flexibility index (Phi) is 5.89. The predicted molar refractivity (Wildman–Crippen MR) is 94.0 cm³/mol. The molecule has 0 bridgehead atoms. The van der Waals surface area contributed by atoms with Crippen LogP contribution in [0.4, 0.5) is 0 Å². The Morgan fingerprint density at radius 3 is 2.38 bits per heavy atom. The first kappa shape index (κ1) is 16.1. The first-order chi connectivity index (χ1) is 10.1. The first-order valence-corrected chi connectivity index (χ1v) is 8.61. The molecule has 0 spiro atoms. The van der Waals surface area contributed by atoms with E-state index in [-0.39, 0.29) is 0 Å². The number of thioether (sulfide) groups is 1. The van der Waals surface area contributed by atoms with Gasteiger partial charge in [0.1, 0.15) is 0 Å². The molecular formula is C19H25NS. The van der Waals surface area contributed by atoms with Crippen molar-refractivity contribution in [2.75, 3.05) is 6.54 Å². The highest BCUT2D eigenvalue weighted by molar-refractivity contribution is 7.98. The highest BCUT2D eigenvalue weighted by Gasteiger charge is 2.09. The second-order valence-electron chi connectivity index (χ2n) is 5.60. The van der Waals surface area contributed by atoms with E-state index in [1.165, 1.54) is 27.1 Å². The molecule has 1 N–H and O–H groups in total. The average molecular weight is 299 g/mol. The largest absolute Gasteiger partial charge is 0.310 e. The molecule has 2 rings (SSSR count). The van der Waals surface area contributed by atoms with Crippen molar-refractivity contribution in [3.8, 4) is 0 Å². The molecule has 0 heterocycles. The summed E-state index contributed by atoms with van der Waals surface area (Å²) in [6, 6.07) is 15.9. The maximum absolute atomic E-state index is 3.51. The highest BCUT2D eigenvalue weighted by atomic mass is 32.2. The van der Waals surface area contributed by atoms with Crippen LogP contribution in [0.5, 0.6) is 0 Å². The van der Waals surface area contributed by atoms with Crippen molar-refractivity contribution in [1.29, 1.82) is 0 Å². The van der Waals surface area contributed by atoms with Crippen molar-refractivity contribution < 1.29 is 0 Å². The lowest BCUT2D eigenvalue weighted by atomic mass is 10.1. The molecule has 112 valence electrons. The molecule has 1 unspecified atom stereocenters. The van der Waals surface area contributed by atoms with Crippen LogP contribution in [0.25, 0.3) is 0 Å². The van der Waals surface area contributed by atoms with Crippen molar-refractivity contribution in [3.05, 3.63) is 64.7 Å². The summed E-state index contributed by atoms with van der Waals surface area (Å²) in [6.45, 7) is 9.73. The van der Waals surface area contributed by atoms with Gasteiger partial charge >= 0.3 is 0 Å². The monoisotopic (exact) mass is 299 g/mol. The van der Waals surface area contributed by atoms with Crippen molar-refractivity contribution in [1.82, 2.24) is 5.32 Å². The van der Waals surface area contributed by atoms with Gasteiger partial charge in [-0.25, -0.2) is 0 Å². The zero-order valence-electron chi connectivity index (χ0n) is 13.4. The van der Waals surface area contributed by atoms with Crippen LogP contribution in [-0.4, -0.2) is 6.54 Å². The van der Waals surface area contributed by atoms with Crippen LogP contribution in [0.1, 0.15) is 42.1 Å². The standard InChI is InChI=1S/C19H25NS/c1-5-20-16(4)18-8-6-7-9-19(18)21-13-17-11-14(2)10-15(3)12-17/h6-12,16,20H,5,13H2,1-4H3. The molecule has 0 aliphatic carbocycles. The van der Waals surface area contributed by atoms with Gasteiger partial charge in [0, 0.05) is 16.7 Å². The zero-order chi connectivity index (χ0) is 15.2. The minimum atomic E-state index is 0.401. The molecule has 0 aliphatic rings. The fourth-order valence-corrected chi connectivity index (χ4v) is 3.77. The molecule has 0 amide bonds. The predicted octanol–water partition coefficient (Wildman–Crippen LogP) is 5.27. The Labute approximate surface area is 133 Å². The topological polar surface area (TPSA) is 12.0 Å². The molecule has 1 nitrogen and oxygen atoms in total. The summed E-state index contributed by atoms with van der Waals surface area (Å²) in [5, 5.41) is 3.51. The Balaban J connectivity index is 2.12. The summed E-state index contributed by atoms with van der Waals surface area (Å²) in [6.07, 6.45) is 0. The molecule has 21 heavy (non-hydrogen) atoms. The van der Waals surface area contributed by atoms with Crippen molar-refractivity contribution in [2.45, 2.75) is 44.4 Å². The minimum absolute atomic E-state index is 0.401. The number of nitrogens with one attached hydrogen (secondary N) is 1. The average Bonchev–Trinajstić information content (AvgIpc) is 2.45. The molecule has 0 fully saturated rings. The van der Waals surface area contributed by atoms with Gasteiger partial charge in [-0.3, -0.25) is 0 Å². The fraction of sp³-hybridized carbons (Fsp3) is 0.368. The fourth-order valence-electron chi connectivity index (χ4n) is 2.70. The summed E-state index contributed by atoms with van der Waals surface area (Å²) in [7, 11) is 0. The number of rotatable bonds is 6. The number of aryl methyl sites for hydroxylation is 2. The maximum atomic E-state index is 3.51. The molecule has 2 aromatic carbocycles. The lowest BCUT2D eigenvalue weighted by Gasteiger charge is -2.17. The smallest absolute Gasteiger partial charge is 0.0302 e. The number of benzene rings is 2. The number of hydrogen-bond donors (Lipinski definition) is 1. The third-order valence-electron chi connectivity index (χ3n) is 3.57. The van der Waals surface area contributed by atoms with Gasteiger partial charge in [0.25, 0.3) is 0 Å². The normalized spacial score (nSPS) is 12.4. The summed E-state index contributed by atoms with van der Waals surface area (Å²) in [5.41, 5.74) is 5.50. The SMILES string of the molecule is CCNC(C)c1ccccc1SCc1cc(C)cc(C)c1.